The molecule has 1 aliphatic carbocycles. The van der Waals surface area contributed by atoms with E-state index in [1.807, 2.05) is 18.2 Å². The first kappa shape index (κ1) is 21.6. The lowest BCUT2D eigenvalue weighted by molar-refractivity contribution is -0.140. The molecule has 0 unspecified atom stereocenters. The molecule has 0 heterocycles. The molecule has 0 radical (unpaired) electrons. The molecule has 3 atom stereocenters. The van der Waals surface area contributed by atoms with Crippen molar-refractivity contribution in [2.45, 2.75) is 77.2 Å². The fraction of sp³-hybridized carbons (Fsp3) is 0.714. The third-order valence-corrected chi connectivity index (χ3v) is 4.85. The first-order valence-electron chi connectivity index (χ1n) is 9.73. The Labute approximate surface area is 152 Å². The molecule has 0 saturated heterocycles. The van der Waals surface area contributed by atoms with Gasteiger partial charge in [-0.3, -0.25) is 9.59 Å². The standard InChI is InChI=1S/C21H34O4/c1-3-4-7-10-18(22)15-13-17-14-16-20(23)19(17)11-8-5-6-9-12-21(24)25-2/h13-19,22H,3-12H2,1-2H3/t17-,18-,19+/m0/s1. The van der Waals surface area contributed by atoms with E-state index in [0.717, 1.165) is 57.8 Å². The van der Waals surface area contributed by atoms with Crippen LogP contribution in [0.5, 0.6) is 0 Å². The van der Waals surface area contributed by atoms with Crippen molar-refractivity contribution >= 4 is 11.8 Å². The predicted molar refractivity (Wildman–Crippen MR) is 100 cm³/mol. The summed E-state index contributed by atoms with van der Waals surface area (Å²) in [6.45, 7) is 2.15. The number of esters is 1. The van der Waals surface area contributed by atoms with Gasteiger partial charge in [-0.15, -0.1) is 0 Å². The van der Waals surface area contributed by atoms with Crippen molar-refractivity contribution in [3.63, 3.8) is 0 Å². The zero-order chi connectivity index (χ0) is 18.5. The highest BCUT2D eigenvalue weighted by Gasteiger charge is 2.27. The number of aliphatic hydroxyl groups is 1. The van der Waals surface area contributed by atoms with Gasteiger partial charge in [0.15, 0.2) is 5.78 Å². The Morgan fingerprint density at radius 3 is 2.72 bits per heavy atom. The maximum absolute atomic E-state index is 12.0. The highest BCUT2D eigenvalue weighted by atomic mass is 16.5. The van der Waals surface area contributed by atoms with Gasteiger partial charge in [0.2, 0.25) is 0 Å². The molecule has 4 heteroatoms. The summed E-state index contributed by atoms with van der Waals surface area (Å²) in [4.78, 5) is 23.1. The van der Waals surface area contributed by atoms with E-state index < -0.39 is 6.10 Å². The topological polar surface area (TPSA) is 63.6 Å². The maximum atomic E-state index is 12.0. The number of aliphatic hydroxyl groups excluding tert-OH is 1. The van der Waals surface area contributed by atoms with Gasteiger partial charge in [0, 0.05) is 18.3 Å². The molecule has 0 fully saturated rings. The normalized spacial score (nSPS) is 21.2. The number of carbonyl (C=O) groups excluding carboxylic acids is 2. The third-order valence-electron chi connectivity index (χ3n) is 4.85. The molecule has 0 spiro atoms. The van der Waals surface area contributed by atoms with E-state index in [4.69, 9.17) is 0 Å². The maximum Gasteiger partial charge on any atom is 0.305 e. The second-order valence-electron chi connectivity index (χ2n) is 6.92. The van der Waals surface area contributed by atoms with Crippen molar-refractivity contribution in [3.8, 4) is 0 Å². The van der Waals surface area contributed by atoms with Crippen molar-refractivity contribution in [1.29, 1.82) is 0 Å². The Hall–Kier alpha value is -1.42. The number of ketones is 1. The van der Waals surface area contributed by atoms with Gasteiger partial charge in [-0.25, -0.2) is 0 Å². The number of unbranched alkanes of at least 4 members (excludes halogenated alkanes) is 5. The van der Waals surface area contributed by atoms with Crippen molar-refractivity contribution in [2.24, 2.45) is 11.8 Å². The van der Waals surface area contributed by atoms with Gasteiger partial charge >= 0.3 is 5.97 Å². The second kappa shape index (κ2) is 12.9. The van der Waals surface area contributed by atoms with E-state index in [1.54, 1.807) is 6.08 Å². The first-order chi connectivity index (χ1) is 12.1. The minimum Gasteiger partial charge on any atom is -0.469 e. The summed E-state index contributed by atoms with van der Waals surface area (Å²) in [7, 11) is 1.41. The second-order valence-corrected chi connectivity index (χ2v) is 6.92. The average Bonchev–Trinajstić information content (AvgIpc) is 2.96. The van der Waals surface area contributed by atoms with E-state index in [0.29, 0.717) is 6.42 Å². The number of methoxy groups -OCH3 is 1. The molecule has 1 N–H and O–H groups in total. The van der Waals surface area contributed by atoms with Gasteiger partial charge in [-0.2, -0.15) is 0 Å². The molecule has 1 rings (SSSR count). The molecule has 0 bridgehead atoms. The largest absolute Gasteiger partial charge is 0.469 e. The molecule has 1 aliphatic rings. The number of carbonyl (C=O) groups is 2. The van der Waals surface area contributed by atoms with Gasteiger partial charge in [-0.05, 0) is 25.3 Å². The fourth-order valence-corrected chi connectivity index (χ4v) is 3.23. The van der Waals surface area contributed by atoms with Crippen LogP contribution in [0.2, 0.25) is 0 Å². The zero-order valence-electron chi connectivity index (χ0n) is 15.8. The summed E-state index contributed by atoms with van der Waals surface area (Å²) in [6.07, 6.45) is 16.4. The van der Waals surface area contributed by atoms with E-state index >= 15 is 0 Å². The van der Waals surface area contributed by atoms with E-state index in [-0.39, 0.29) is 23.6 Å². The number of allylic oxidation sites excluding steroid dienone is 3. The molecule has 25 heavy (non-hydrogen) atoms. The van der Waals surface area contributed by atoms with Gasteiger partial charge in [0.05, 0.1) is 13.2 Å². The van der Waals surface area contributed by atoms with Crippen LogP contribution >= 0.6 is 0 Å². The Bertz CT molecular complexity index is 453. The number of hydrogen-bond donors (Lipinski definition) is 1. The molecule has 142 valence electrons. The smallest absolute Gasteiger partial charge is 0.305 e. The molecular formula is C21H34O4. The monoisotopic (exact) mass is 350 g/mol. The van der Waals surface area contributed by atoms with Gasteiger partial charge < -0.3 is 9.84 Å². The van der Waals surface area contributed by atoms with Crippen LogP contribution < -0.4 is 0 Å². The van der Waals surface area contributed by atoms with Crippen molar-refractivity contribution < 1.29 is 19.4 Å². The lowest BCUT2D eigenvalue weighted by Crippen LogP contribution is -2.15. The van der Waals surface area contributed by atoms with Gasteiger partial charge in [-0.1, -0.05) is 63.7 Å². The van der Waals surface area contributed by atoms with Crippen LogP contribution in [0, 0.1) is 11.8 Å². The average molecular weight is 350 g/mol. The number of hydrogen-bond acceptors (Lipinski definition) is 4. The Morgan fingerprint density at radius 2 is 2.00 bits per heavy atom. The molecule has 0 amide bonds. The van der Waals surface area contributed by atoms with Crippen LogP contribution in [-0.4, -0.2) is 30.1 Å². The quantitative estimate of drug-likeness (QED) is 0.304. The zero-order valence-corrected chi connectivity index (χ0v) is 15.8. The molecule has 0 aromatic heterocycles. The highest BCUT2D eigenvalue weighted by Crippen LogP contribution is 2.29. The van der Waals surface area contributed by atoms with Crippen molar-refractivity contribution in [3.05, 3.63) is 24.3 Å². The number of rotatable bonds is 13. The van der Waals surface area contributed by atoms with E-state index in [9.17, 15) is 14.7 Å². The predicted octanol–water partition coefficient (Wildman–Crippen LogP) is 4.37. The summed E-state index contributed by atoms with van der Waals surface area (Å²) in [5, 5.41) is 9.99. The molecule has 0 aromatic carbocycles. The summed E-state index contributed by atoms with van der Waals surface area (Å²) in [5.74, 6) is 0.172. The van der Waals surface area contributed by atoms with E-state index in [1.165, 1.54) is 7.11 Å². The van der Waals surface area contributed by atoms with E-state index in [2.05, 4.69) is 11.7 Å². The number of ether oxygens (including phenoxy) is 1. The summed E-state index contributed by atoms with van der Waals surface area (Å²) >= 11 is 0. The highest BCUT2D eigenvalue weighted by molar-refractivity contribution is 5.94. The minimum atomic E-state index is -0.408. The third kappa shape index (κ3) is 9.01. The van der Waals surface area contributed by atoms with Gasteiger partial charge in [0.25, 0.3) is 0 Å². The van der Waals surface area contributed by atoms with Crippen molar-refractivity contribution in [1.82, 2.24) is 0 Å². The summed E-state index contributed by atoms with van der Waals surface area (Å²) in [6, 6.07) is 0. The summed E-state index contributed by atoms with van der Waals surface area (Å²) < 4.78 is 4.62. The molecule has 0 saturated carbocycles. The molecule has 4 nitrogen and oxygen atoms in total. The van der Waals surface area contributed by atoms with Crippen molar-refractivity contribution in [2.75, 3.05) is 7.11 Å². The summed E-state index contributed by atoms with van der Waals surface area (Å²) in [5.41, 5.74) is 0. The van der Waals surface area contributed by atoms with Crippen LogP contribution in [0.3, 0.4) is 0 Å². The van der Waals surface area contributed by atoms with Crippen LogP contribution in [-0.2, 0) is 14.3 Å². The molecule has 0 aromatic rings. The van der Waals surface area contributed by atoms with Crippen LogP contribution in [0.4, 0.5) is 0 Å². The van der Waals surface area contributed by atoms with Gasteiger partial charge in [0.1, 0.15) is 0 Å². The lowest BCUT2D eigenvalue weighted by Gasteiger charge is -2.15. The SMILES string of the molecule is CCCCC[C@H](O)C=C[C@H]1C=CC(=O)[C@@H]1CCCCCCC(=O)OC. The fourth-order valence-electron chi connectivity index (χ4n) is 3.23. The molecule has 0 aliphatic heterocycles. The van der Waals surface area contributed by atoms with Crippen LogP contribution in [0.15, 0.2) is 24.3 Å². The lowest BCUT2D eigenvalue weighted by atomic mass is 9.88. The first-order valence-corrected chi connectivity index (χ1v) is 9.73. The molecular weight excluding hydrogens is 316 g/mol. The van der Waals surface area contributed by atoms with Crippen LogP contribution in [0.25, 0.3) is 0 Å². The Balaban J connectivity index is 2.27. The Morgan fingerprint density at radius 1 is 1.24 bits per heavy atom. The minimum absolute atomic E-state index is 0.0136. The van der Waals surface area contributed by atoms with Crippen LogP contribution in [0.1, 0.15) is 71.1 Å². The Kier molecular flexibility index (Phi) is 11.1.